The molecule has 0 N–H and O–H groups in total. The second-order valence-corrected chi connectivity index (χ2v) is 8.71. The zero-order chi connectivity index (χ0) is 20.6. The first-order valence-corrected chi connectivity index (χ1v) is 10.9. The molecule has 1 aromatic carbocycles. The zero-order valence-corrected chi connectivity index (χ0v) is 17.3. The molecular weight excluding hydrogens is 386 g/mol. The molecule has 1 atom stereocenters. The minimum absolute atomic E-state index is 0.0744. The molecule has 0 radical (unpaired) electrons. The Labute approximate surface area is 176 Å². The van der Waals surface area contributed by atoms with Crippen LogP contribution >= 0.6 is 0 Å². The van der Waals surface area contributed by atoms with Gasteiger partial charge in [-0.2, -0.15) is 0 Å². The van der Waals surface area contributed by atoms with Crippen LogP contribution in [0.4, 0.5) is 0 Å². The van der Waals surface area contributed by atoms with E-state index >= 15 is 0 Å². The Morgan fingerprint density at radius 3 is 2.67 bits per heavy atom. The zero-order valence-electron chi connectivity index (χ0n) is 17.3. The van der Waals surface area contributed by atoms with Gasteiger partial charge in [-0.3, -0.25) is 14.5 Å². The number of hydrogen-bond acceptors (Lipinski definition) is 6. The first kappa shape index (κ1) is 19.6. The van der Waals surface area contributed by atoms with Gasteiger partial charge >= 0.3 is 0 Å². The molecule has 4 aliphatic rings. The summed E-state index contributed by atoms with van der Waals surface area (Å²) in [6.07, 6.45) is 1.94. The number of ether oxygens (including phenoxy) is 3. The summed E-state index contributed by atoms with van der Waals surface area (Å²) in [5.74, 6) is 1.72. The van der Waals surface area contributed by atoms with Crippen molar-refractivity contribution in [3.8, 4) is 11.5 Å². The number of nitrogens with zero attached hydrogens (tertiary/aromatic N) is 3. The lowest BCUT2D eigenvalue weighted by Crippen LogP contribution is -2.44. The van der Waals surface area contributed by atoms with Crippen LogP contribution in [0.1, 0.15) is 18.4 Å². The lowest BCUT2D eigenvalue weighted by molar-refractivity contribution is -0.136. The molecule has 8 heteroatoms. The van der Waals surface area contributed by atoms with Gasteiger partial charge in [0, 0.05) is 45.8 Å². The number of rotatable bonds is 5. The van der Waals surface area contributed by atoms with E-state index in [9.17, 15) is 9.59 Å². The predicted octanol–water partition coefficient (Wildman–Crippen LogP) is 0.741. The van der Waals surface area contributed by atoms with Crippen molar-refractivity contribution in [2.24, 2.45) is 5.41 Å². The molecule has 4 heterocycles. The topological polar surface area (TPSA) is 71.6 Å². The standard InChI is InChI=1S/C22H29N3O5/c26-20(14-17-1-2-18-19(13-17)30-16-29-18)25-6-4-22(15-25)3-5-24(21(22)27)8-7-23-9-11-28-12-10-23/h1-2,13H,3-12,14-16H2. The summed E-state index contributed by atoms with van der Waals surface area (Å²) in [5.41, 5.74) is 0.533. The third-order valence-electron chi connectivity index (χ3n) is 6.89. The molecule has 1 unspecified atom stereocenters. The summed E-state index contributed by atoms with van der Waals surface area (Å²) >= 11 is 0. The molecule has 0 aliphatic carbocycles. The highest BCUT2D eigenvalue weighted by Crippen LogP contribution is 2.41. The van der Waals surface area contributed by atoms with Gasteiger partial charge in [0.1, 0.15) is 0 Å². The fourth-order valence-corrected chi connectivity index (χ4v) is 4.99. The average molecular weight is 415 g/mol. The summed E-state index contributed by atoms with van der Waals surface area (Å²) in [4.78, 5) is 32.3. The monoisotopic (exact) mass is 415 g/mol. The van der Waals surface area contributed by atoms with Crippen LogP contribution in [-0.2, 0) is 20.7 Å². The van der Waals surface area contributed by atoms with Crippen molar-refractivity contribution in [2.75, 3.05) is 65.8 Å². The molecule has 162 valence electrons. The third-order valence-corrected chi connectivity index (χ3v) is 6.89. The molecule has 1 spiro atoms. The first-order chi connectivity index (χ1) is 14.6. The van der Waals surface area contributed by atoms with E-state index in [0.717, 1.165) is 70.1 Å². The fourth-order valence-electron chi connectivity index (χ4n) is 4.99. The number of hydrogen-bond donors (Lipinski definition) is 0. The van der Waals surface area contributed by atoms with E-state index in [1.54, 1.807) is 0 Å². The molecule has 5 rings (SSSR count). The van der Waals surface area contributed by atoms with E-state index in [0.29, 0.717) is 25.3 Å². The minimum Gasteiger partial charge on any atom is -0.454 e. The molecule has 3 fully saturated rings. The van der Waals surface area contributed by atoms with Crippen LogP contribution in [0.15, 0.2) is 18.2 Å². The van der Waals surface area contributed by atoms with Crippen molar-refractivity contribution in [1.29, 1.82) is 0 Å². The molecule has 3 saturated heterocycles. The van der Waals surface area contributed by atoms with Crippen molar-refractivity contribution in [2.45, 2.75) is 19.3 Å². The van der Waals surface area contributed by atoms with Crippen molar-refractivity contribution in [3.63, 3.8) is 0 Å². The maximum atomic E-state index is 13.2. The quantitative estimate of drug-likeness (QED) is 0.707. The summed E-state index contributed by atoms with van der Waals surface area (Å²) in [5, 5.41) is 0. The van der Waals surface area contributed by atoms with Crippen LogP contribution in [0.5, 0.6) is 11.5 Å². The van der Waals surface area contributed by atoms with Crippen molar-refractivity contribution < 1.29 is 23.8 Å². The van der Waals surface area contributed by atoms with E-state index < -0.39 is 0 Å². The summed E-state index contributed by atoms with van der Waals surface area (Å²) in [6, 6.07) is 5.63. The van der Waals surface area contributed by atoms with Crippen LogP contribution in [0.2, 0.25) is 0 Å². The van der Waals surface area contributed by atoms with Crippen LogP contribution in [0, 0.1) is 5.41 Å². The number of benzene rings is 1. The minimum atomic E-state index is -0.379. The molecule has 0 saturated carbocycles. The highest BCUT2D eigenvalue weighted by molar-refractivity contribution is 5.87. The van der Waals surface area contributed by atoms with Gasteiger partial charge in [0.15, 0.2) is 11.5 Å². The average Bonchev–Trinajstić information content (AvgIpc) is 3.48. The lowest BCUT2D eigenvalue weighted by Gasteiger charge is -2.29. The number of carbonyl (C=O) groups is 2. The van der Waals surface area contributed by atoms with Crippen LogP contribution in [0.25, 0.3) is 0 Å². The number of morpholine rings is 1. The molecule has 2 amide bonds. The molecule has 1 aromatic rings. The van der Waals surface area contributed by atoms with Gasteiger partial charge in [-0.25, -0.2) is 0 Å². The highest BCUT2D eigenvalue weighted by atomic mass is 16.7. The Morgan fingerprint density at radius 2 is 1.80 bits per heavy atom. The highest BCUT2D eigenvalue weighted by Gasteiger charge is 2.51. The summed E-state index contributed by atoms with van der Waals surface area (Å²) < 4.78 is 16.1. The molecule has 0 bridgehead atoms. The Balaban J connectivity index is 1.15. The van der Waals surface area contributed by atoms with Crippen molar-refractivity contribution >= 4 is 11.8 Å². The second-order valence-electron chi connectivity index (χ2n) is 8.71. The van der Waals surface area contributed by atoms with E-state index in [-0.39, 0.29) is 24.0 Å². The number of amides is 2. The second kappa shape index (κ2) is 8.07. The number of fused-ring (bicyclic) bond motifs is 1. The smallest absolute Gasteiger partial charge is 0.231 e. The molecular formula is C22H29N3O5. The molecule has 30 heavy (non-hydrogen) atoms. The predicted molar refractivity (Wildman–Crippen MR) is 108 cm³/mol. The van der Waals surface area contributed by atoms with Crippen LogP contribution in [-0.4, -0.2) is 92.3 Å². The van der Waals surface area contributed by atoms with Gasteiger partial charge in [0.2, 0.25) is 18.6 Å². The van der Waals surface area contributed by atoms with Gasteiger partial charge in [0.25, 0.3) is 0 Å². The number of carbonyl (C=O) groups excluding carboxylic acids is 2. The maximum Gasteiger partial charge on any atom is 0.231 e. The fraction of sp³-hybridized carbons (Fsp3) is 0.636. The summed E-state index contributed by atoms with van der Waals surface area (Å²) in [7, 11) is 0. The lowest BCUT2D eigenvalue weighted by atomic mass is 9.85. The maximum absolute atomic E-state index is 13.2. The normalized spacial score (nSPS) is 26.2. The van der Waals surface area contributed by atoms with Crippen molar-refractivity contribution in [1.82, 2.24) is 14.7 Å². The SMILES string of the molecule is O=C(Cc1ccc2c(c1)OCO2)N1CCC2(CCN(CCN3CCOCC3)C2=O)C1. The largest absolute Gasteiger partial charge is 0.454 e. The van der Waals surface area contributed by atoms with Crippen molar-refractivity contribution in [3.05, 3.63) is 23.8 Å². The Hall–Kier alpha value is -2.32. The van der Waals surface area contributed by atoms with Gasteiger partial charge < -0.3 is 24.0 Å². The van der Waals surface area contributed by atoms with E-state index in [4.69, 9.17) is 14.2 Å². The van der Waals surface area contributed by atoms with E-state index in [1.807, 2.05) is 28.0 Å². The third kappa shape index (κ3) is 3.74. The van der Waals surface area contributed by atoms with E-state index in [2.05, 4.69) is 4.90 Å². The first-order valence-electron chi connectivity index (χ1n) is 10.9. The van der Waals surface area contributed by atoms with Gasteiger partial charge in [-0.1, -0.05) is 6.07 Å². The molecule has 0 aromatic heterocycles. The molecule has 4 aliphatic heterocycles. The van der Waals surface area contributed by atoms with E-state index in [1.165, 1.54) is 0 Å². The van der Waals surface area contributed by atoms with Gasteiger partial charge in [-0.15, -0.1) is 0 Å². The number of likely N-dealkylation sites (tertiary alicyclic amines) is 2. The van der Waals surface area contributed by atoms with Crippen LogP contribution in [0.3, 0.4) is 0 Å². The van der Waals surface area contributed by atoms with Gasteiger partial charge in [0.05, 0.1) is 25.0 Å². The molecule has 8 nitrogen and oxygen atoms in total. The summed E-state index contributed by atoms with van der Waals surface area (Å²) in [6.45, 7) is 7.33. The Kier molecular flexibility index (Phi) is 5.28. The van der Waals surface area contributed by atoms with Crippen LogP contribution < -0.4 is 9.47 Å². The Morgan fingerprint density at radius 1 is 1.00 bits per heavy atom. The van der Waals surface area contributed by atoms with Gasteiger partial charge in [-0.05, 0) is 30.5 Å². The Bertz CT molecular complexity index is 825.